The molecule has 1 saturated heterocycles. The van der Waals surface area contributed by atoms with Crippen molar-refractivity contribution in [1.29, 1.82) is 0 Å². The molecular formula is C28H30F2N2O6. The van der Waals surface area contributed by atoms with Gasteiger partial charge in [0.25, 0.3) is 5.91 Å². The Hall–Kier alpha value is -3.69. The lowest BCUT2D eigenvalue weighted by Crippen LogP contribution is -2.40. The van der Waals surface area contributed by atoms with E-state index in [-0.39, 0.29) is 42.4 Å². The zero-order valence-electron chi connectivity index (χ0n) is 21.3. The summed E-state index contributed by atoms with van der Waals surface area (Å²) < 4.78 is 41.8. The van der Waals surface area contributed by atoms with E-state index in [0.717, 1.165) is 24.0 Å². The molecule has 0 radical (unpaired) electrons. The second-order valence-electron chi connectivity index (χ2n) is 10.2. The summed E-state index contributed by atoms with van der Waals surface area (Å²) in [5, 5.41) is 0. The summed E-state index contributed by atoms with van der Waals surface area (Å²) >= 11 is 0. The van der Waals surface area contributed by atoms with E-state index in [4.69, 9.17) is 9.47 Å². The molecule has 0 N–H and O–H groups in total. The van der Waals surface area contributed by atoms with Crippen molar-refractivity contribution in [2.45, 2.75) is 57.9 Å². The molecule has 2 amide bonds. The average Bonchev–Trinajstić information content (AvgIpc) is 3.53. The van der Waals surface area contributed by atoms with Crippen molar-refractivity contribution in [2.24, 2.45) is 5.92 Å². The summed E-state index contributed by atoms with van der Waals surface area (Å²) in [6.45, 7) is -0.344. The minimum absolute atomic E-state index is 0.0190. The molecule has 2 fully saturated rings. The highest BCUT2D eigenvalue weighted by atomic mass is 19.3. The first-order valence-corrected chi connectivity index (χ1v) is 12.7. The summed E-state index contributed by atoms with van der Waals surface area (Å²) in [5.74, 6) is -0.472. The fraction of sp³-hybridized carbons (Fsp3) is 0.464. The van der Waals surface area contributed by atoms with Crippen LogP contribution in [0.3, 0.4) is 0 Å². The Bertz CT molecular complexity index is 1250. The fourth-order valence-corrected chi connectivity index (χ4v) is 5.06. The van der Waals surface area contributed by atoms with Crippen molar-refractivity contribution < 1.29 is 37.4 Å². The Morgan fingerprint density at radius 1 is 1.11 bits per heavy atom. The van der Waals surface area contributed by atoms with E-state index in [9.17, 15) is 23.2 Å². The molecule has 8 nitrogen and oxygen atoms in total. The van der Waals surface area contributed by atoms with Crippen LogP contribution in [-0.4, -0.2) is 60.4 Å². The van der Waals surface area contributed by atoms with E-state index in [0.29, 0.717) is 36.6 Å². The van der Waals surface area contributed by atoms with Crippen LogP contribution in [0.5, 0.6) is 11.5 Å². The minimum atomic E-state index is -2.98. The van der Waals surface area contributed by atoms with E-state index in [1.165, 1.54) is 17.9 Å². The Morgan fingerprint density at radius 2 is 1.89 bits per heavy atom. The first-order chi connectivity index (χ1) is 18.2. The minimum Gasteiger partial charge on any atom is -0.489 e. The van der Waals surface area contributed by atoms with Crippen LogP contribution in [0, 0.1) is 5.92 Å². The lowest BCUT2D eigenvalue weighted by molar-refractivity contribution is -0.154. The molecule has 3 aliphatic rings. The van der Waals surface area contributed by atoms with Gasteiger partial charge in [0, 0.05) is 38.5 Å². The van der Waals surface area contributed by atoms with Gasteiger partial charge in [0.15, 0.2) is 11.5 Å². The number of hydrogen-bond acceptors (Lipinski definition) is 6. The number of esters is 1. The maximum Gasteiger partial charge on any atom is 0.387 e. The number of benzene rings is 2. The third kappa shape index (κ3) is 5.58. The van der Waals surface area contributed by atoms with Gasteiger partial charge in [0.05, 0.1) is 6.61 Å². The molecule has 0 bridgehead atoms. The van der Waals surface area contributed by atoms with Crippen molar-refractivity contribution in [1.82, 2.24) is 9.80 Å². The van der Waals surface area contributed by atoms with Crippen LogP contribution in [0.4, 0.5) is 8.78 Å². The van der Waals surface area contributed by atoms with Crippen LogP contribution in [-0.2, 0) is 27.5 Å². The molecule has 10 heteroatoms. The van der Waals surface area contributed by atoms with E-state index < -0.39 is 18.6 Å². The van der Waals surface area contributed by atoms with Crippen LogP contribution in [0.2, 0.25) is 0 Å². The molecule has 1 aliphatic carbocycles. The normalized spacial score (nSPS) is 20.6. The predicted octanol–water partition coefficient (Wildman–Crippen LogP) is 4.11. The van der Waals surface area contributed by atoms with Gasteiger partial charge in [-0.3, -0.25) is 9.59 Å². The van der Waals surface area contributed by atoms with Gasteiger partial charge in [0.1, 0.15) is 12.6 Å². The highest BCUT2D eigenvalue weighted by Gasteiger charge is 2.40. The molecule has 202 valence electrons. The summed E-state index contributed by atoms with van der Waals surface area (Å²) in [6, 6.07) is 9.41. The van der Waals surface area contributed by atoms with Crippen LogP contribution in [0.15, 0.2) is 36.4 Å². The molecule has 5 rings (SSSR count). The molecule has 38 heavy (non-hydrogen) atoms. The fourth-order valence-electron chi connectivity index (χ4n) is 5.06. The average molecular weight is 529 g/mol. The Kier molecular flexibility index (Phi) is 7.23. The van der Waals surface area contributed by atoms with Crippen molar-refractivity contribution in [3.8, 4) is 11.5 Å². The summed E-state index contributed by atoms with van der Waals surface area (Å²) in [4.78, 5) is 40.8. The maximum absolute atomic E-state index is 13.1. The highest BCUT2D eigenvalue weighted by molar-refractivity contribution is 5.98. The van der Waals surface area contributed by atoms with Gasteiger partial charge in [-0.1, -0.05) is 18.2 Å². The Balaban J connectivity index is 1.28. The number of amides is 2. The number of alkyl halides is 2. The van der Waals surface area contributed by atoms with E-state index in [1.807, 2.05) is 12.1 Å². The highest BCUT2D eigenvalue weighted by Crippen LogP contribution is 2.39. The van der Waals surface area contributed by atoms with Crippen molar-refractivity contribution in [3.05, 3.63) is 58.7 Å². The number of halogens is 2. The lowest BCUT2D eigenvalue weighted by Gasteiger charge is -2.21. The first kappa shape index (κ1) is 25.9. The molecule has 2 heterocycles. The molecule has 2 aromatic carbocycles. The maximum atomic E-state index is 13.1. The number of fused-ring (bicyclic) bond motifs is 1. The van der Waals surface area contributed by atoms with E-state index in [1.54, 1.807) is 30.1 Å². The molecule has 0 aromatic heterocycles. The van der Waals surface area contributed by atoms with Gasteiger partial charge in [-0.15, -0.1) is 0 Å². The first-order valence-electron chi connectivity index (χ1n) is 12.7. The van der Waals surface area contributed by atoms with Crippen molar-refractivity contribution >= 4 is 17.8 Å². The van der Waals surface area contributed by atoms with Gasteiger partial charge in [-0.2, -0.15) is 8.78 Å². The predicted molar refractivity (Wildman–Crippen MR) is 132 cm³/mol. The van der Waals surface area contributed by atoms with Gasteiger partial charge in [-0.05, 0) is 60.1 Å². The molecule has 1 unspecified atom stereocenters. The summed E-state index contributed by atoms with van der Waals surface area (Å²) in [5.41, 5.74) is 2.99. The molecule has 0 spiro atoms. The number of carbonyl (C=O) groups is 3. The number of rotatable bonds is 9. The van der Waals surface area contributed by atoms with Crippen LogP contribution in [0.1, 0.15) is 59.2 Å². The number of nitrogens with zero attached hydrogens (tertiary/aromatic N) is 2. The number of carbonyl (C=O) groups excluding carboxylic acids is 3. The second-order valence-corrected chi connectivity index (χ2v) is 10.2. The van der Waals surface area contributed by atoms with Gasteiger partial charge in [0.2, 0.25) is 5.91 Å². The third-order valence-electron chi connectivity index (χ3n) is 7.34. The van der Waals surface area contributed by atoms with Gasteiger partial charge >= 0.3 is 12.6 Å². The standard InChI is InChI=1S/C28H30F2N2O6/c1-16(33)32-13-21(19-7-8-24(38-28(29)30)25(11-19)36-14-17-3-4-17)10-23(32)27(35)37-15-18-5-6-20-12-31(2)26(34)22(20)9-18/h5-9,11,17,21,23,28H,3-4,10,12-15H2,1-2H3/t21?,23-/m1/s1. The van der Waals surface area contributed by atoms with Crippen LogP contribution < -0.4 is 9.47 Å². The summed E-state index contributed by atoms with van der Waals surface area (Å²) in [7, 11) is 1.73. The third-order valence-corrected chi connectivity index (χ3v) is 7.34. The van der Waals surface area contributed by atoms with Gasteiger partial charge < -0.3 is 24.0 Å². The molecule has 2 aromatic rings. The number of likely N-dealkylation sites (tertiary alicyclic amines) is 1. The molecular weight excluding hydrogens is 498 g/mol. The SMILES string of the molecule is CC(=O)N1CC(c2ccc(OC(F)F)c(OCC3CC3)c2)C[C@@H]1C(=O)OCc1ccc2c(c1)C(=O)N(C)C2. The zero-order chi connectivity index (χ0) is 27.0. The Labute approximate surface area is 219 Å². The monoisotopic (exact) mass is 528 g/mol. The number of ether oxygens (including phenoxy) is 3. The van der Waals surface area contributed by atoms with E-state index in [2.05, 4.69) is 4.74 Å². The molecule has 2 aliphatic heterocycles. The largest absolute Gasteiger partial charge is 0.489 e. The quantitative estimate of drug-likeness (QED) is 0.456. The van der Waals surface area contributed by atoms with Crippen LogP contribution in [0.25, 0.3) is 0 Å². The van der Waals surface area contributed by atoms with Crippen molar-refractivity contribution in [3.63, 3.8) is 0 Å². The number of hydrogen-bond donors (Lipinski definition) is 0. The van der Waals surface area contributed by atoms with Gasteiger partial charge in [-0.25, -0.2) is 4.79 Å². The van der Waals surface area contributed by atoms with Crippen LogP contribution >= 0.6 is 0 Å². The van der Waals surface area contributed by atoms with Crippen molar-refractivity contribution in [2.75, 3.05) is 20.2 Å². The topological polar surface area (TPSA) is 85.4 Å². The lowest BCUT2D eigenvalue weighted by atomic mass is 9.96. The smallest absolute Gasteiger partial charge is 0.387 e. The molecule has 1 saturated carbocycles. The second kappa shape index (κ2) is 10.6. The Morgan fingerprint density at radius 3 is 2.61 bits per heavy atom. The molecule has 2 atom stereocenters. The van der Waals surface area contributed by atoms with E-state index >= 15 is 0 Å². The summed E-state index contributed by atoms with van der Waals surface area (Å²) in [6.07, 6.45) is 2.41. The zero-order valence-corrected chi connectivity index (χ0v) is 21.3.